The lowest BCUT2D eigenvalue weighted by Crippen LogP contribution is -2.45. The smallest absolute Gasteiger partial charge is 0.338 e. The van der Waals surface area contributed by atoms with Crippen LogP contribution in [0.4, 0.5) is 5.69 Å². The minimum atomic E-state index is -0.726. The van der Waals surface area contributed by atoms with Gasteiger partial charge < -0.3 is 14.4 Å². The molecule has 0 aliphatic carbocycles. The lowest BCUT2D eigenvalue weighted by molar-refractivity contribution is -0.384. The molecule has 0 aromatic heterocycles. The Labute approximate surface area is 133 Å². The van der Waals surface area contributed by atoms with Crippen molar-refractivity contribution in [3.8, 4) is 0 Å². The molecule has 0 bridgehead atoms. The predicted molar refractivity (Wildman–Crippen MR) is 80.4 cm³/mol. The lowest BCUT2D eigenvalue weighted by Gasteiger charge is -2.32. The quantitative estimate of drug-likeness (QED) is 0.474. The number of carbonyl (C=O) groups is 2. The maximum atomic E-state index is 12.6. The van der Waals surface area contributed by atoms with E-state index in [0.29, 0.717) is 19.7 Å². The van der Waals surface area contributed by atoms with Crippen LogP contribution >= 0.6 is 0 Å². The number of nitrogens with zero attached hydrogens (tertiary/aromatic N) is 2. The van der Waals surface area contributed by atoms with Crippen LogP contribution in [-0.4, -0.2) is 54.6 Å². The molecule has 1 aromatic rings. The van der Waals surface area contributed by atoms with E-state index >= 15 is 0 Å². The molecule has 1 aliphatic rings. The summed E-state index contributed by atoms with van der Waals surface area (Å²) >= 11 is 0. The number of esters is 1. The van der Waals surface area contributed by atoms with Crippen LogP contribution in [-0.2, 0) is 9.47 Å². The first kappa shape index (κ1) is 16.9. The molecule has 0 spiro atoms. The zero-order valence-electron chi connectivity index (χ0n) is 13.0. The van der Waals surface area contributed by atoms with Gasteiger partial charge in [0.15, 0.2) is 0 Å². The zero-order chi connectivity index (χ0) is 17.0. The Morgan fingerprint density at radius 3 is 2.70 bits per heavy atom. The molecule has 124 valence electrons. The third kappa shape index (κ3) is 3.84. The zero-order valence-corrected chi connectivity index (χ0v) is 13.0. The van der Waals surface area contributed by atoms with Gasteiger partial charge in [0, 0.05) is 30.8 Å². The van der Waals surface area contributed by atoms with Crippen molar-refractivity contribution >= 4 is 17.6 Å². The molecule has 1 unspecified atom stereocenters. The minimum absolute atomic E-state index is 0.0228. The van der Waals surface area contributed by atoms with E-state index in [4.69, 9.17) is 4.74 Å². The molecule has 8 nitrogen and oxygen atoms in total. The normalized spacial score (nSPS) is 17.7. The highest BCUT2D eigenvalue weighted by atomic mass is 16.6. The molecule has 1 amide bonds. The Hall–Kier alpha value is -2.48. The van der Waals surface area contributed by atoms with Crippen molar-refractivity contribution in [2.24, 2.45) is 0 Å². The summed E-state index contributed by atoms with van der Waals surface area (Å²) in [7, 11) is 1.18. The topological polar surface area (TPSA) is 99.0 Å². The molecule has 1 atom stereocenters. The second-order valence-corrected chi connectivity index (χ2v) is 5.17. The monoisotopic (exact) mass is 322 g/mol. The number of rotatable bonds is 4. The highest BCUT2D eigenvalue weighted by molar-refractivity contribution is 5.99. The van der Waals surface area contributed by atoms with E-state index in [1.807, 2.05) is 6.92 Å². The van der Waals surface area contributed by atoms with E-state index in [0.717, 1.165) is 12.5 Å². The average molecular weight is 322 g/mol. The Morgan fingerprint density at radius 1 is 1.39 bits per heavy atom. The fourth-order valence-corrected chi connectivity index (χ4v) is 2.41. The van der Waals surface area contributed by atoms with Crippen LogP contribution < -0.4 is 0 Å². The van der Waals surface area contributed by atoms with Gasteiger partial charge in [-0.05, 0) is 12.5 Å². The summed E-state index contributed by atoms with van der Waals surface area (Å²) in [6, 6.07) is 3.58. The van der Waals surface area contributed by atoms with Crippen molar-refractivity contribution < 1.29 is 24.0 Å². The van der Waals surface area contributed by atoms with Gasteiger partial charge in [0.2, 0.25) is 0 Å². The summed E-state index contributed by atoms with van der Waals surface area (Å²) in [5, 5.41) is 11.0. The van der Waals surface area contributed by atoms with Crippen molar-refractivity contribution in [1.29, 1.82) is 0 Å². The van der Waals surface area contributed by atoms with E-state index in [1.165, 1.54) is 19.2 Å². The van der Waals surface area contributed by atoms with Crippen LogP contribution in [0.1, 0.15) is 34.1 Å². The predicted octanol–water partition coefficient (Wildman–Crippen LogP) is 1.63. The second-order valence-electron chi connectivity index (χ2n) is 5.17. The largest absolute Gasteiger partial charge is 0.465 e. The molecule has 0 N–H and O–H groups in total. The number of carbonyl (C=O) groups excluding carboxylic acids is 2. The van der Waals surface area contributed by atoms with Crippen LogP contribution in [0.5, 0.6) is 0 Å². The summed E-state index contributed by atoms with van der Waals surface area (Å²) in [6.45, 7) is 3.21. The standard InChI is InChI=1S/C15H18N2O6/c1-3-13-9-16(4-5-23-13)14(18)10-6-11(15(19)22-2)8-12(7-10)17(20)21/h6-8,13H,3-5,9H2,1-2H3. The van der Waals surface area contributed by atoms with Crippen molar-refractivity contribution in [3.63, 3.8) is 0 Å². The molecule has 2 rings (SSSR count). The maximum absolute atomic E-state index is 12.6. The van der Waals surface area contributed by atoms with Gasteiger partial charge >= 0.3 is 5.97 Å². The number of non-ortho nitro benzene ring substituents is 1. The molecule has 1 fully saturated rings. The van der Waals surface area contributed by atoms with Gasteiger partial charge in [-0.15, -0.1) is 0 Å². The van der Waals surface area contributed by atoms with E-state index < -0.39 is 10.9 Å². The number of amides is 1. The number of hydrogen-bond acceptors (Lipinski definition) is 6. The number of ether oxygens (including phenoxy) is 2. The molecule has 1 saturated heterocycles. The minimum Gasteiger partial charge on any atom is -0.465 e. The van der Waals surface area contributed by atoms with Crippen molar-refractivity contribution in [2.45, 2.75) is 19.4 Å². The summed E-state index contributed by atoms with van der Waals surface area (Å²) in [5.74, 6) is -1.09. The van der Waals surface area contributed by atoms with Crippen LogP contribution in [0.3, 0.4) is 0 Å². The van der Waals surface area contributed by atoms with Gasteiger partial charge in [-0.2, -0.15) is 0 Å². The number of methoxy groups -OCH3 is 1. The highest BCUT2D eigenvalue weighted by Crippen LogP contribution is 2.20. The summed E-state index contributed by atoms with van der Waals surface area (Å²) in [4.78, 5) is 36.2. The molecule has 23 heavy (non-hydrogen) atoms. The maximum Gasteiger partial charge on any atom is 0.338 e. The van der Waals surface area contributed by atoms with Crippen LogP contribution in [0.25, 0.3) is 0 Å². The van der Waals surface area contributed by atoms with E-state index in [1.54, 1.807) is 4.90 Å². The lowest BCUT2D eigenvalue weighted by atomic mass is 10.1. The number of nitro groups is 1. The summed E-state index contributed by atoms with van der Waals surface area (Å²) in [5.41, 5.74) is -0.252. The van der Waals surface area contributed by atoms with Gasteiger partial charge in [0.1, 0.15) is 0 Å². The first-order valence-corrected chi connectivity index (χ1v) is 7.25. The average Bonchev–Trinajstić information content (AvgIpc) is 2.59. The fourth-order valence-electron chi connectivity index (χ4n) is 2.41. The molecule has 8 heteroatoms. The van der Waals surface area contributed by atoms with Gasteiger partial charge in [0.25, 0.3) is 11.6 Å². The molecule has 1 heterocycles. The van der Waals surface area contributed by atoms with Crippen molar-refractivity contribution in [2.75, 3.05) is 26.8 Å². The highest BCUT2D eigenvalue weighted by Gasteiger charge is 2.26. The van der Waals surface area contributed by atoms with E-state index in [-0.39, 0.29) is 28.8 Å². The van der Waals surface area contributed by atoms with E-state index in [9.17, 15) is 19.7 Å². The molecule has 0 radical (unpaired) electrons. The second kappa shape index (κ2) is 7.19. The first-order valence-electron chi connectivity index (χ1n) is 7.25. The molecular formula is C15H18N2O6. The van der Waals surface area contributed by atoms with Crippen LogP contribution in [0.15, 0.2) is 18.2 Å². The number of nitro benzene ring substituents is 1. The number of morpholine rings is 1. The van der Waals surface area contributed by atoms with Crippen molar-refractivity contribution in [1.82, 2.24) is 4.90 Å². The van der Waals surface area contributed by atoms with E-state index in [2.05, 4.69) is 4.74 Å². The number of hydrogen-bond donors (Lipinski definition) is 0. The van der Waals surface area contributed by atoms with Gasteiger partial charge in [-0.1, -0.05) is 6.92 Å². The summed E-state index contributed by atoms with van der Waals surface area (Å²) < 4.78 is 10.1. The molecule has 0 saturated carbocycles. The Morgan fingerprint density at radius 2 is 2.09 bits per heavy atom. The van der Waals surface area contributed by atoms with Gasteiger partial charge in [-0.3, -0.25) is 14.9 Å². The van der Waals surface area contributed by atoms with Crippen LogP contribution in [0.2, 0.25) is 0 Å². The SMILES string of the molecule is CCC1CN(C(=O)c2cc(C(=O)OC)cc([N+](=O)[O-])c2)CCO1. The number of benzene rings is 1. The molecular weight excluding hydrogens is 304 g/mol. The third-order valence-electron chi connectivity index (χ3n) is 3.68. The van der Waals surface area contributed by atoms with Crippen molar-refractivity contribution in [3.05, 3.63) is 39.4 Å². The Bertz CT molecular complexity index is 630. The molecule has 1 aliphatic heterocycles. The Kier molecular flexibility index (Phi) is 5.28. The first-order chi connectivity index (χ1) is 11.0. The van der Waals surface area contributed by atoms with Gasteiger partial charge in [-0.25, -0.2) is 4.79 Å². The molecule has 1 aromatic carbocycles. The Balaban J connectivity index is 2.33. The van der Waals surface area contributed by atoms with Gasteiger partial charge in [0.05, 0.1) is 30.3 Å². The fraction of sp³-hybridized carbons (Fsp3) is 0.467. The third-order valence-corrected chi connectivity index (χ3v) is 3.68. The van der Waals surface area contributed by atoms with Crippen LogP contribution in [0, 0.1) is 10.1 Å². The summed E-state index contributed by atoms with van der Waals surface area (Å²) in [6.07, 6.45) is 0.720.